The van der Waals surface area contributed by atoms with Crippen LogP contribution in [0, 0.1) is 13.8 Å². The number of nitrogens with zero attached hydrogens (tertiary/aromatic N) is 1. The summed E-state index contributed by atoms with van der Waals surface area (Å²) < 4.78 is 10.9. The molecule has 6 nitrogen and oxygen atoms in total. The summed E-state index contributed by atoms with van der Waals surface area (Å²) in [5.41, 5.74) is 4.13. The maximum absolute atomic E-state index is 13.7. The van der Waals surface area contributed by atoms with Crippen LogP contribution in [0.25, 0.3) is 5.57 Å². The predicted octanol–water partition coefficient (Wildman–Crippen LogP) is 4.72. The summed E-state index contributed by atoms with van der Waals surface area (Å²) in [5.74, 6) is 0.208. The van der Waals surface area contributed by atoms with E-state index in [1.807, 2.05) is 50.2 Å². The van der Waals surface area contributed by atoms with Gasteiger partial charge in [-0.1, -0.05) is 36.4 Å². The van der Waals surface area contributed by atoms with Crippen LogP contribution in [0.4, 0.5) is 11.4 Å². The second-order valence-electron chi connectivity index (χ2n) is 7.49. The second-order valence-corrected chi connectivity index (χ2v) is 7.49. The van der Waals surface area contributed by atoms with Gasteiger partial charge in [0.15, 0.2) is 0 Å². The van der Waals surface area contributed by atoms with Gasteiger partial charge in [-0.25, -0.2) is 4.90 Å². The first kappa shape index (κ1) is 21.2. The van der Waals surface area contributed by atoms with Crippen molar-refractivity contribution in [3.63, 3.8) is 0 Å². The molecule has 2 amide bonds. The molecule has 1 heterocycles. The number of benzene rings is 3. The molecule has 6 heteroatoms. The van der Waals surface area contributed by atoms with Crippen LogP contribution >= 0.6 is 0 Å². The van der Waals surface area contributed by atoms with E-state index in [4.69, 9.17) is 9.47 Å². The highest BCUT2D eigenvalue weighted by Gasteiger charge is 2.41. The minimum atomic E-state index is -0.440. The minimum Gasteiger partial charge on any atom is -0.496 e. The zero-order chi connectivity index (χ0) is 22.8. The average Bonchev–Trinajstić information content (AvgIpc) is 3.05. The summed E-state index contributed by atoms with van der Waals surface area (Å²) >= 11 is 0. The number of ether oxygens (including phenoxy) is 2. The Morgan fingerprint density at radius 3 is 2.09 bits per heavy atom. The van der Waals surface area contributed by atoms with Gasteiger partial charge in [-0.3, -0.25) is 9.59 Å². The van der Waals surface area contributed by atoms with E-state index in [0.717, 1.165) is 11.1 Å². The van der Waals surface area contributed by atoms with Crippen molar-refractivity contribution in [2.75, 3.05) is 24.4 Å². The van der Waals surface area contributed by atoms with E-state index in [9.17, 15) is 9.59 Å². The molecule has 0 spiro atoms. The molecule has 0 unspecified atom stereocenters. The Morgan fingerprint density at radius 2 is 1.41 bits per heavy atom. The number of hydrogen-bond donors (Lipinski definition) is 1. The third-order valence-electron chi connectivity index (χ3n) is 5.58. The Morgan fingerprint density at radius 1 is 0.750 bits per heavy atom. The van der Waals surface area contributed by atoms with Crippen LogP contribution in [0.5, 0.6) is 11.5 Å². The van der Waals surface area contributed by atoms with Gasteiger partial charge >= 0.3 is 0 Å². The van der Waals surface area contributed by atoms with Gasteiger partial charge in [-0.2, -0.15) is 0 Å². The Hall–Kier alpha value is -4.06. The number of para-hydroxylation sites is 3. The highest BCUT2D eigenvalue weighted by molar-refractivity contribution is 6.46. The van der Waals surface area contributed by atoms with E-state index in [1.165, 1.54) is 12.0 Å². The van der Waals surface area contributed by atoms with E-state index in [1.54, 1.807) is 37.4 Å². The lowest BCUT2D eigenvalue weighted by Crippen LogP contribution is -2.32. The van der Waals surface area contributed by atoms with Crippen molar-refractivity contribution in [1.82, 2.24) is 0 Å². The van der Waals surface area contributed by atoms with Crippen molar-refractivity contribution in [3.05, 3.63) is 89.1 Å². The van der Waals surface area contributed by atoms with Crippen LogP contribution in [-0.4, -0.2) is 26.0 Å². The maximum Gasteiger partial charge on any atom is 0.282 e. The number of hydrogen-bond acceptors (Lipinski definition) is 5. The Bertz CT molecular complexity index is 1250. The molecule has 0 radical (unpaired) electrons. The molecule has 0 bridgehead atoms. The highest BCUT2D eigenvalue weighted by Crippen LogP contribution is 2.38. The number of amides is 2. The first-order chi connectivity index (χ1) is 15.5. The molecule has 3 aromatic rings. The quantitative estimate of drug-likeness (QED) is 0.576. The Kier molecular flexibility index (Phi) is 5.69. The van der Waals surface area contributed by atoms with Gasteiger partial charge in [-0.15, -0.1) is 0 Å². The monoisotopic (exact) mass is 428 g/mol. The molecule has 0 saturated carbocycles. The zero-order valence-electron chi connectivity index (χ0n) is 18.4. The fraction of sp³-hybridized carbons (Fsp3) is 0.154. The number of anilines is 2. The molecular formula is C26H24N2O4. The van der Waals surface area contributed by atoms with Crippen LogP contribution in [0.15, 0.2) is 72.4 Å². The van der Waals surface area contributed by atoms with Crippen LogP contribution in [0.2, 0.25) is 0 Å². The fourth-order valence-electron chi connectivity index (χ4n) is 3.73. The lowest BCUT2D eigenvalue weighted by molar-refractivity contribution is -0.120. The van der Waals surface area contributed by atoms with Gasteiger partial charge in [0.1, 0.15) is 17.2 Å². The van der Waals surface area contributed by atoms with E-state index in [2.05, 4.69) is 5.32 Å². The molecule has 3 aromatic carbocycles. The van der Waals surface area contributed by atoms with E-state index < -0.39 is 11.8 Å². The zero-order valence-corrected chi connectivity index (χ0v) is 18.4. The summed E-state index contributed by atoms with van der Waals surface area (Å²) in [6.07, 6.45) is 0. The van der Waals surface area contributed by atoms with Crippen molar-refractivity contribution < 1.29 is 19.1 Å². The second kappa shape index (κ2) is 8.59. The smallest absolute Gasteiger partial charge is 0.282 e. The molecule has 0 aromatic heterocycles. The number of rotatable bonds is 6. The maximum atomic E-state index is 13.7. The van der Waals surface area contributed by atoms with Gasteiger partial charge in [0.25, 0.3) is 11.8 Å². The van der Waals surface area contributed by atoms with Gasteiger partial charge in [0, 0.05) is 5.56 Å². The lowest BCUT2D eigenvalue weighted by Gasteiger charge is -2.17. The summed E-state index contributed by atoms with van der Waals surface area (Å²) in [5, 5.41) is 3.15. The summed E-state index contributed by atoms with van der Waals surface area (Å²) in [7, 11) is 3.09. The molecule has 1 N–H and O–H groups in total. The van der Waals surface area contributed by atoms with Crippen molar-refractivity contribution in [3.8, 4) is 11.5 Å². The van der Waals surface area contributed by atoms with E-state index in [-0.39, 0.29) is 11.3 Å². The van der Waals surface area contributed by atoms with Gasteiger partial charge in [0.05, 0.1) is 31.2 Å². The van der Waals surface area contributed by atoms with Crippen LogP contribution in [0.3, 0.4) is 0 Å². The van der Waals surface area contributed by atoms with Gasteiger partial charge in [0.2, 0.25) is 0 Å². The number of imide groups is 1. The van der Waals surface area contributed by atoms with Crippen LogP contribution in [0.1, 0.15) is 16.7 Å². The van der Waals surface area contributed by atoms with Crippen LogP contribution in [-0.2, 0) is 9.59 Å². The normalized spacial score (nSPS) is 13.6. The number of aryl methyl sites for hydroxylation is 2. The number of carbonyl (C=O) groups excluding carboxylic acids is 2. The largest absolute Gasteiger partial charge is 0.496 e. The molecule has 0 fully saturated rings. The van der Waals surface area contributed by atoms with Crippen molar-refractivity contribution in [2.24, 2.45) is 0 Å². The van der Waals surface area contributed by atoms with Crippen molar-refractivity contribution >= 4 is 28.8 Å². The molecule has 1 aliphatic heterocycles. The Balaban J connectivity index is 1.89. The molecule has 0 saturated heterocycles. The van der Waals surface area contributed by atoms with Crippen molar-refractivity contribution in [2.45, 2.75) is 13.8 Å². The predicted molar refractivity (Wildman–Crippen MR) is 125 cm³/mol. The number of nitrogens with one attached hydrogen (secondary N) is 1. The highest BCUT2D eigenvalue weighted by atomic mass is 16.5. The molecular weight excluding hydrogens is 404 g/mol. The summed E-state index contributed by atoms with van der Waals surface area (Å²) in [4.78, 5) is 28.5. The lowest BCUT2D eigenvalue weighted by atomic mass is 10.0. The molecule has 0 aliphatic carbocycles. The SMILES string of the molecule is COc1ccccc1NC1=C(c2ccccc2OC)C(=O)N(c2ccc(C)c(C)c2)C1=O. The Labute approximate surface area is 187 Å². The third-order valence-corrected chi connectivity index (χ3v) is 5.58. The topological polar surface area (TPSA) is 67.9 Å². The molecule has 32 heavy (non-hydrogen) atoms. The number of methoxy groups -OCH3 is 2. The first-order valence-electron chi connectivity index (χ1n) is 10.2. The van der Waals surface area contributed by atoms with E-state index >= 15 is 0 Å². The third kappa shape index (κ3) is 3.60. The van der Waals surface area contributed by atoms with Gasteiger partial charge in [-0.05, 0) is 55.3 Å². The molecule has 1 aliphatic rings. The molecule has 0 atom stereocenters. The van der Waals surface area contributed by atoms with Crippen LogP contribution < -0.4 is 19.7 Å². The first-order valence-corrected chi connectivity index (χ1v) is 10.2. The standard InChI is InChI=1S/C26H24N2O4/c1-16-13-14-18(15-17(16)2)28-25(29)23(19-9-5-7-11-21(19)31-3)24(26(28)30)27-20-10-6-8-12-22(20)32-4/h5-15,27H,1-4H3. The van der Waals surface area contributed by atoms with E-state index in [0.29, 0.717) is 28.4 Å². The average molecular weight is 428 g/mol. The fourth-order valence-corrected chi connectivity index (χ4v) is 3.73. The summed E-state index contributed by atoms with van der Waals surface area (Å²) in [6.45, 7) is 3.94. The van der Waals surface area contributed by atoms with Gasteiger partial charge < -0.3 is 14.8 Å². The molecule has 162 valence electrons. The number of carbonyl (C=O) groups is 2. The van der Waals surface area contributed by atoms with Crippen molar-refractivity contribution in [1.29, 1.82) is 0 Å². The minimum absolute atomic E-state index is 0.169. The summed E-state index contributed by atoms with van der Waals surface area (Å²) in [6, 6.07) is 19.9. The molecule has 4 rings (SSSR count).